The van der Waals surface area contributed by atoms with Crippen molar-refractivity contribution in [3.8, 4) is 11.5 Å². The molecule has 1 aromatic heterocycles. The monoisotopic (exact) mass is 308 g/mol. The quantitative estimate of drug-likeness (QED) is 0.852. The van der Waals surface area contributed by atoms with E-state index in [0.29, 0.717) is 19.0 Å². The smallest absolute Gasteiger partial charge is 0.303 e. The molecule has 1 aliphatic rings. The Balaban J connectivity index is 1.83. The molecule has 0 saturated heterocycles. The maximum absolute atomic E-state index is 10.4. The molecule has 0 saturated carbocycles. The second kappa shape index (κ2) is 5.50. The number of rotatable bonds is 3. The van der Waals surface area contributed by atoms with Crippen LogP contribution in [0.25, 0.3) is 0 Å². The predicted octanol–water partition coefficient (Wildman–Crippen LogP) is 2.29. The van der Waals surface area contributed by atoms with E-state index >= 15 is 0 Å². The standard InChI is InChI=1S/C14H18N3O3S/c1-9-14(10(2)17(3)15-9)16-21(18)11-4-5-12-13(8-11)20-7-6-19-12/h4-5,8,16,18H,6-7H2,1-3H3/q+1. The highest BCUT2D eigenvalue weighted by Gasteiger charge is 2.26. The van der Waals surface area contributed by atoms with Crippen LogP contribution in [-0.2, 0) is 18.4 Å². The van der Waals surface area contributed by atoms with Crippen LogP contribution in [-0.4, -0.2) is 27.5 Å². The molecule has 21 heavy (non-hydrogen) atoms. The van der Waals surface area contributed by atoms with Crippen LogP contribution >= 0.6 is 0 Å². The van der Waals surface area contributed by atoms with Gasteiger partial charge >= 0.3 is 11.4 Å². The summed E-state index contributed by atoms with van der Waals surface area (Å²) in [7, 11) is 1.88. The first-order valence-corrected chi connectivity index (χ1v) is 7.84. The van der Waals surface area contributed by atoms with Gasteiger partial charge in [-0.25, -0.2) is 0 Å². The van der Waals surface area contributed by atoms with E-state index in [1.165, 1.54) is 0 Å². The SMILES string of the molecule is Cc1nn(C)c(C)c1N[S+](O)c1ccc2c(c1)OCCO2. The molecule has 1 atom stereocenters. The lowest BCUT2D eigenvalue weighted by Crippen LogP contribution is -2.17. The van der Waals surface area contributed by atoms with Crippen molar-refractivity contribution in [2.45, 2.75) is 18.7 Å². The van der Waals surface area contributed by atoms with E-state index in [1.54, 1.807) is 4.68 Å². The van der Waals surface area contributed by atoms with Gasteiger partial charge in [0, 0.05) is 19.2 Å². The fraction of sp³-hybridized carbons (Fsp3) is 0.357. The Morgan fingerprint density at radius 3 is 2.62 bits per heavy atom. The number of anilines is 1. The molecule has 0 fully saturated rings. The topological polar surface area (TPSA) is 68.5 Å². The van der Waals surface area contributed by atoms with Crippen molar-refractivity contribution in [2.75, 3.05) is 17.9 Å². The highest BCUT2D eigenvalue weighted by Crippen LogP contribution is 2.33. The minimum atomic E-state index is -1.13. The molecule has 7 heteroatoms. The lowest BCUT2D eigenvalue weighted by molar-refractivity contribution is 0.171. The average molecular weight is 308 g/mol. The van der Waals surface area contributed by atoms with E-state index in [9.17, 15) is 4.55 Å². The molecule has 0 bridgehead atoms. The van der Waals surface area contributed by atoms with Gasteiger partial charge < -0.3 is 9.47 Å². The van der Waals surface area contributed by atoms with Gasteiger partial charge in [-0.05, 0) is 19.9 Å². The van der Waals surface area contributed by atoms with Crippen LogP contribution in [0.5, 0.6) is 11.5 Å². The van der Waals surface area contributed by atoms with Crippen molar-refractivity contribution in [3.63, 3.8) is 0 Å². The molecule has 0 radical (unpaired) electrons. The van der Waals surface area contributed by atoms with Crippen molar-refractivity contribution in [1.82, 2.24) is 9.78 Å². The number of fused-ring (bicyclic) bond motifs is 1. The summed E-state index contributed by atoms with van der Waals surface area (Å²) in [5, 5.41) is 4.33. The Hall–Kier alpha value is -1.86. The van der Waals surface area contributed by atoms with Crippen molar-refractivity contribution in [1.29, 1.82) is 0 Å². The van der Waals surface area contributed by atoms with Gasteiger partial charge in [0.15, 0.2) is 11.5 Å². The molecule has 1 unspecified atom stereocenters. The zero-order valence-electron chi connectivity index (χ0n) is 12.2. The number of ether oxygens (including phenoxy) is 2. The average Bonchev–Trinajstić information content (AvgIpc) is 2.73. The first kappa shape index (κ1) is 14.1. The third kappa shape index (κ3) is 2.66. The zero-order chi connectivity index (χ0) is 15.0. The Morgan fingerprint density at radius 1 is 1.24 bits per heavy atom. The van der Waals surface area contributed by atoms with Crippen LogP contribution in [0.1, 0.15) is 11.4 Å². The molecule has 2 N–H and O–H groups in total. The van der Waals surface area contributed by atoms with Crippen LogP contribution < -0.4 is 14.2 Å². The van der Waals surface area contributed by atoms with E-state index in [0.717, 1.165) is 27.7 Å². The fourth-order valence-electron chi connectivity index (χ4n) is 2.22. The summed E-state index contributed by atoms with van der Waals surface area (Å²) >= 11 is -1.13. The van der Waals surface area contributed by atoms with Crippen LogP contribution in [0.3, 0.4) is 0 Å². The number of hydrogen-bond donors (Lipinski definition) is 2. The normalized spacial score (nSPS) is 14.9. The van der Waals surface area contributed by atoms with Crippen molar-refractivity contribution in [3.05, 3.63) is 29.6 Å². The maximum Gasteiger partial charge on any atom is 0.303 e. The maximum atomic E-state index is 10.4. The molecule has 112 valence electrons. The van der Waals surface area contributed by atoms with Crippen molar-refractivity contribution >= 4 is 17.0 Å². The number of aryl methyl sites for hydroxylation is 2. The van der Waals surface area contributed by atoms with E-state index < -0.39 is 11.4 Å². The molecule has 3 rings (SSSR count). The number of hydrogen-bond acceptors (Lipinski definition) is 5. The molecule has 2 heterocycles. The summed E-state index contributed by atoms with van der Waals surface area (Å²) in [4.78, 5) is 0.752. The molecule has 0 aliphatic carbocycles. The van der Waals surface area contributed by atoms with Gasteiger partial charge in [-0.15, -0.1) is 0 Å². The summed E-state index contributed by atoms with van der Waals surface area (Å²) in [6, 6.07) is 5.47. The summed E-state index contributed by atoms with van der Waals surface area (Å²) in [6.45, 7) is 4.97. The summed E-state index contributed by atoms with van der Waals surface area (Å²) in [5.74, 6) is 1.39. The van der Waals surface area contributed by atoms with Gasteiger partial charge in [0.05, 0.1) is 11.4 Å². The Kier molecular flexibility index (Phi) is 3.69. The van der Waals surface area contributed by atoms with Gasteiger partial charge in [0.2, 0.25) is 4.90 Å². The molecule has 0 spiro atoms. The predicted molar refractivity (Wildman–Crippen MR) is 82.0 cm³/mol. The minimum Gasteiger partial charge on any atom is -0.486 e. The molecular formula is C14H18N3O3S+. The molecule has 1 aliphatic heterocycles. The Labute approximate surface area is 126 Å². The molecular weight excluding hydrogens is 290 g/mol. The number of nitrogens with zero attached hydrogens (tertiary/aromatic N) is 2. The third-order valence-corrected chi connectivity index (χ3v) is 4.54. The summed E-state index contributed by atoms with van der Waals surface area (Å²) < 4.78 is 26.4. The lowest BCUT2D eigenvalue weighted by atomic mass is 10.3. The zero-order valence-corrected chi connectivity index (χ0v) is 13.0. The van der Waals surface area contributed by atoms with Crippen LogP contribution in [0.2, 0.25) is 0 Å². The van der Waals surface area contributed by atoms with Gasteiger partial charge in [0.1, 0.15) is 18.9 Å². The first-order chi connectivity index (χ1) is 10.1. The highest BCUT2D eigenvalue weighted by atomic mass is 32.2. The van der Waals surface area contributed by atoms with Gasteiger partial charge in [0.25, 0.3) is 0 Å². The van der Waals surface area contributed by atoms with E-state index in [2.05, 4.69) is 9.82 Å². The van der Waals surface area contributed by atoms with Gasteiger partial charge in [-0.3, -0.25) is 4.68 Å². The summed E-state index contributed by atoms with van der Waals surface area (Å²) in [5.41, 5.74) is 2.70. The largest absolute Gasteiger partial charge is 0.486 e. The summed E-state index contributed by atoms with van der Waals surface area (Å²) in [6.07, 6.45) is 0. The van der Waals surface area contributed by atoms with Crippen LogP contribution in [0.4, 0.5) is 5.69 Å². The highest BCUT2D eigenvalue weighted by molar-refractivity contribution is 7.92. The second-order valence-electron chi connectivity index (χ2n) is 4.86. The van der Waals surface area contributed by atoms with Gasteiger partial charge in [-0.1, -0.05) is 0 Å². The number of nitrogens with one attached hydrogen (secondary N) is 1. The number of benzene rings is 1. The van der Waals surface area contributed by atoms with Crippen molar-refractivity contribution in [2.24, 2.45) is 7.05 Å². The van der Waals surface area contributed by atoms with E-state index in [1.807, 2.05) is 39.1 Å². The fourth-order valence-corrected chi connectivity index (χ4v) is 3.24. The van der Waals surface area contributed by atoms with Crippen molar-refractivity contribution < 1.29 is 14.0 Å². The van der Waals surface area contributed by atoms with E-state index in [4.69, 9.17) is 9.47 Å². The molecule has 2 aromatic rings. The second-order valence-corrected chi connectivity index (χ2v) is 6.11. The molecule has 1 aromatic carbocycles. The lowest BCUT2D eigenvalue weighted by Gasteiger charge is -2.17. The molecule has 0 amide bonds. The van der Waals surface area contributed by atoms with Gasteiger partial charge in [-0.2, -0.15) is 14.4 Å². The number of aromatic nitrogens is 2. The Morgan fingerprint density at radius 2 is 1.95 bits per heavy atom. The van der Waals surface area contributed by atoms with Crippen LogP contribution in [0.15, 0.2) is 23.1 Å². The van der Waals surface area contributed by atoms with E-state index in [-0.39, 0.29) is 0 Å². The third-order valence-electron chi connectivity index (χ3n) is 3.44. The van der Waals surface area contributed by atoms with Crippen LogP contribution in [0, 0.1) is 13.8 Å². The Bertz CT molecular complexity index is 672. The minimum absolute atomic E-state index is 0.532. The molecule has 6 nitrogen and oxygen atoms in total. The first-order valence-electron chi connectivity index (χ1n) is 6.66.